The lowest BCUT2D eigenvalue weighted by molar-refractivity contribution is -0.291. The highest BCUT2D eigenvalue weighted by Crippen LogP contribution is 1.88. The molecule has 3 nitrogen and oxygen atoms in total. The zero-order valence-corrected chi connectivity index (χ0v) is 6.55. The SMILES string of the molecule is C=C(C)COOCCOC. The summed E-state index contributed by atoms with van der Waals surface area (Å²) in [4.78, 5) is 9.42. The second kappa shape index (κ2) is 6.74. The summed E-state index contributed by atoms with van der Waals surface area (Å²) < 4.78 is 4.72. The average Bonchev–Trinajstić information content (AvgIpc) is 1.87. The summed E-state index contributed by atoms with van der Waals surface area (Å²) in [5.74, 6) is 0. The van der Waals surface area contributed by atoms with Crippen molar-refractivity contribution in [1.29, 1.82) is 0 Å². The smallest absolute Gasteiger partial charge is 0.106 e. The molecule has 0 amide bonds. The highest BCUT2D eigenvalue weighted by Gasteiger charge is 1.87. The third kappa shape index (κ3) is 7.62. The molecule has 0 aliphatic rings. The first-order chi connectivity index (χ1) is 4.77. The first-order valence-corrected chi connectivity index (χ1v) is 3.15. The summed E-state index contributed by atoms with van der Waals surface area (Å²) in [6, 6.07) is 0. The van der Waals surface area contributed by atoms with Gasteiger partial charge in [0.1, 0.15) is 13.2 Å². The molecule has 0 atom stereocenters. The van der Waals surface area contributed by atoms with Crippen molar-refractivity contribution in [3.8, 4) is 0 Å². The standard InChI is InChI=1S/C7H14O3/c1-7(2)6-10-9-5-4-8-3/h1,4-6H2,2-3H3. The van der Waals surface area contributed by atoms with E-state index in [1.807, 2.05) is 6.92 Å². The second-order valence-corrected chi connectivity index (χ2v) is 2.03. The van der Waals surface area contributed by atoms with Gasteiger partial charge in [0, 0.05) is 7.11 Å². The van der Waals surface area contributed by atoms with Crippen molar-refractivity contribution in [2.45, 2.75) is 6.92 Å². The van der Waals surface area contributed by atoms with Crippen molar-refractivity contribution in [2.24, 2.45) is 0 Å². The molecule has 0 spiro atoms. The van der Waals surface area contributed by atoms with Crippen molar-refractivity contribution in [2.75, 3.05) is 26.9 Å². The first-order valence-electron chi connectivity index (χ1n) is 3.15. The van der Waals surface area contributed by atoms with E-state index in [2.05, 4.69) is 6.58 Å². The van der Waals surface area contributed by atoms with Crippen LogP contribution in [0.3, 0.4) is 0 Å². The Morgan fingerprint density at radius 2 is 2.00 bits per heavy atom. The molecule has 0 rings (SSSR count). The fourth-order valence-corrected chi connectivity index (χ4v) is 0.319. The van der Waals surface area contributed by atoms with Crippen LogP contribution in [0.5, 0.6) is 0 Å². The first kappa shape index (κ1) is 9.62. The maximum absolute atomic E-state index is 4.72. The zero-order valence-electron chi connectivity index (χ0n) is 6.55. The molecule has 10 heavy (non-hydrogen) atoms. The van der Waals surface area contributed by atoms with Crippen LogP contribution in [0, 0.1) is 0 Å². The van der Waals surface area contributed by atoms with Crippen LogP contribution in [0.2, 0.25) is 0 Å². The Kier molecular flexibility index (Phi) is 6.48. The normalized spacial score (nSPS) is 9.80. The number of rotatable bonds is 6. The molecule has 0 unspecified atom stereocenters. The predicted molar refractivity (Wildman–Crippen MR) is 38.6 cm³/mol. The highest BCUT2D eigenvalue weighted by atomic mass is 17.2. The summed E-state index contributed by atoms with van der Waals surface area (Å²) >= 11 is 0. The van der Waals surface area contributed by atoms with Crippen LogP contribution in [0.15, 0.2) is 12.2 Å². The van der Waals surface area contributed by atoms with Crippen LogP contribution in [-0.2, 0) is 14.5 Å². The van der Waals surface area contributed by atoms with Crippen LogP contribution in [0.4, 0.5) is 0 Å². The van der Waals surface area contributed by atoms with Crippen LogP contribution in [0.25, 0.3) is 0 Å². The monoisotopic (exact) mass is 146 g/mol. The molecule has 0 radical (unpaired) electrons. The van der Waals surface area contributed by atoms with Crippen molar-refractivity contribution in [3.63, 3.8) is 0 Å². The Morgan fingerprint density at radius 3 is 2.50 bits per heavy atom. The van der Waals surface area contributed by atoms with Gasteiger partial charge in [0.05, 0.1) is 6.61 Å². The van der Waals surface area contributed by atoms with Gasteiger partial charge in [0.25, 0.3) is 0 Å². The molecule has 0 N–H and O–H groups in total. The zero-order chi connectivity index (χ0) is 7.82. The lowest BCUT2D eigenvalue weighted by Crippen LogP contribution is -2.03. The van der Waals surface area contributed by atoms with Gasteiger partial charge in [-0.25, -0.2) is 9.78 Å². The van der Waals surface area contributed by atoms with Crippen molar-refractivity contribution >= 4 is 0 Å². The average molecular weight is 146 g/mol. The van der Waals surface area contributed by atoms with Gasteiger partial charge in [-0.05, 0) is 6.92 Å². The molecule has 3 heteroatoms. The summed E-state index contributed by atoms with van der Waals surface area (Å²) in [6.07, 6.45) is 0. The Bertz CT molecular complexity index is 90.9. The van der Waals surface area contributed by atoms with Crippen molar-refractivity contribution in [3.05, 3.63) is 12.2 Å². The van der Waals surface area contributed by atoms with E-state index < -0.39 is 0 Å². The molecule has 0 fully saturated rings. The van der Waals surface area contributed by atoms with Gasteiger partial charge in [-0.3, -0.25) is 0 Å². The van der Waals surface area contributed by atoms with Gasteiger partial charge < -0.3 is 4.74 Å². The van der Waals surface area contributed by atoms with E-state index in [4.69, 9.17) is 14.5 Å². The van der Waals surface area contributed by atoms with Crippen molar-refractivity contribution < 1.29 is 14.5 Å². The molecular formula is C7H14O3. The molecular weight excluding hydrogens is 132 g/mol. The van der Waals surface area contributed by atoms with E-state index in [1.54, 1.807) is 7.11 Å². The van der Waals surface area contributed by atoms with Crippen LogP contribution in [0.1, 0.15) is 6.92 Å². The molecule has 0 bridgehead atoms. The maximum Gasteiger partial charge on any atom is 0.106 e. The molecule has 0 saturated heterocycles. The van der Waals surface area contributed by atoms with Crippen LogP contribution >= 0.6 is 0 Å². The van der Waals surface area contributed by atoms with E-state index in [9.17, 15) is 0 Å². The van der Waals surface area contributed by atoms with Crippen LogP contribution in [-0.4, -0.2) is 26.9 Å². The Morgan fingerprint density at radius 1 is 1.30 bits per heavy atom. The minimum Gasteiger partial charge on any atom is -0.382 e. The molecule has 0 aromatic carbocycles. The fraction of sp³-hybridized carbons (Fsp3) is 0.714. The lowest BCUT2D eigenvalue weighted by atomic mass is 10.4. The number of methoxy groups -OCH3 is 1. The van der Waals surface area contributed by atoms with E-state index in [0.717, 1.165) is 5.57 Å². The summed E-state index contributed by atoms with van der Waals surface area (Å²) in [6.45, 7) is 6.97. The van der Waals surface area contributed by atoms with Gasteiger partial charge >= 0.3 is 0 Å². The minimum absolute atomic E-state index is 0.448. The largest absolute Gasteiger partial charge is 0.382 e. The molecule has 0 aliphatic carbocycles. The summed E-state index contributed by atoms with van der Waals surface area (Å²) in [7, 11) is 1.61. The second-order valence-electron chi connectivity index (χ2n) is 2.03. The van der Waals surface area contributed by atoms with Gasteiger partial charge in [-0.1, -0.05) is 12.2 Å². The summed E-state index contributed by atoms with van der Waals surface area (Å²) in [5.41, 5.74) is 0.942. The Hall–Kier alpha value is -0.380. The predicted octanol–water partition coefficient (Wildman–Crippen LogP) is 1.16. The number of hydrogen-bond donors (Lipinski definition) is 0. The lowest BCUT2D eigenvalue weighted by Gasteiger charge is -2.01. The molecule has 0 heterocycles. The third-order valence-corrected chi connectivity index (χ3v) is 0.759. The topological polar surface area (TPSA) is 27.7 Å². The molecule has 0 aliphatic heterocycles. The van der Waals surface area contributed by atoms with Gasteiger partial charge in [0.15, 0.2) is 0 Å². The van der Waals surface area contributed by atoms with E-state index in [1.165, 1.54) is 0 Å². The minimum atomic E-state index is 0.448. The van der Waals surface area contributed by atoms with Gasteiger partial charge in [-0.15, -0.1) is 0 Å². The number of hydrogen-bond acceptors (Lipinski definition) is 3. The third-order valence-electron chi connectivity index (χ3n) is 0.759. The molecule has 0 aromatic rings. The highest BCUT2D eigenvalue weighted by molar-refractivity contribution is 4.86. The maximum atomic E-state index is 4.72. The number of ether oxygens (including phenoxy) is 1. The van der Waals surface area contributed by atoms with E-state index >= 15 is 0 Å². The molecule has 0 saturated carbocycles. The molecule has 0 aromatic heterocycles. The van der Waals surface area contributed by atoms with Gasteiger partial charge in [-0.2, -0.15) is 0 Å². The van der Waals surface area contributed by atoms with Gasteiger partial charge in [0.2, 0.25) is 0 Å². The van der Waals surface area contributed by atoms with E-state index in [0.29, 0.717) is 19.8 Å². The van der Waals surface area contributed by atoms with Crippen molar-refractivity contribution in [1.82, 2.24) is 0 Å². The summed E-state index contributed by atoms with van der Waals surface area (Å²) in [5, 5.41) is 0. The fourth-order valence-electron chi connectivity index (χ4n) is 0.319. The Labute approximate surface area is 61.5 Å². The molecule has 60 valence electrons. The van der Waals surface area contributed by atoms with E-state index in [-0.39, 0.29) is 0 Å². The Balaban J connectivity index is 2.84. The van der Waals surface area contributed by atoms with Crippen LogP contribution < -0.4 is 0 Å². The quantitative estimate of drug-likeness (QED) is 0.243.